The second kappa shape index (κ2) is 9.74. The van der Waals surface area contributed by atoms with E-state index in [1.165, 1.54) is 12.8 Å². The lowest BCUT2D eigenvalue weighted by Gasteiger charge is -2.22. The van der Waals surface area contributed by atoms with E-state index in [-0.39, 0.29) is 0 Å². The smallest absolute Gasteiger partial charge is 0.191 e. The number of nitrogens with one attached hydrogen (secondary N) is 2. The summed E-state index contributed by atoms with van der Waals surface area (Å²) in [7, 11) is 3.54. The predicted molar refractivity (Wildman–Crippen MR) is 122 cm³/mol. The minimum atomic E-state index is 0.336. The molecule has 0 amide bonds. The van der Waals surface area contributed by atoms with Gasteiger partial charge in [-0.15, -0.1) is 0 Å². The summed E-state index contributed by atoms with van der Waals surface area (Å²) in [6.07, 6.45) is 3.65. The number of anilines is 1. The van der Waals surface area contributed by atoms with Gasteiger partial charge in [0.05, 0.1) is 19.4 Å². The first kappa shape index (κ1) is 20.4. The molecule has 4 rings (SSSR count). The van der Waals surface area contributed by atoms with Crippen molar-refractivity contribution in [2.75, 3.05) is 38.8 Å². The van der Waals surface area contributed by atoms with Gasteiger partial charge in [-0.25, -0.2) is 0 Å². The van der Waals surface area contributed by atoms with Crippen LogP contribution in [0.15, 0.2) is 53.5 Å². The maximum Gasteiger partial charge on any atom is 0.191 e. The second-order valence-corrected chi connectivity index (χ2v) is 8.04. The fraction of sp³-hybridized carbons (Fsp3) is 0.458. The number of aliphatic imine (C=N–C) groups is 1. The van der Waals surface area contributed by atoms with E-state index in [1.54, 1.807) is 7.11 Å². The van der Waals surface area contributed by atoms with Gasteiger partial charge in [-0.1, -0.05) is 30.3 Å². The molecular formula is C24H32N4O2. The van der Waals surface area contributed by atoms with Gasteiger partial charge >= 0.3 is 0 Å². The fourth-order valence-electron chi connectivity index (χ4n) is 3.84. The summed E-state index contributed by atoms with van der Waals surface area (Å²) in [6.45, 7) is 3.42. The summed E-state index contributed by atoms with van der Waals surface area (Å²) in [5.74, 6) is 3.45. The Morgan fingerprint density at radius 3 is 2.60 bits per heavy atom. The lowest BCUT2D eigenvalue weighted by molar-refractivity contribution is 0.296. The summed E-state index contributed by atoms with van der Waals surface area (Å²) in [5.41, 5.74) is 2.30. The van der Waals surface area contributed by atoms with Crippen LogP contribution in [0.2, 0.25) is 0 Å². The molecule has 6 nitrogen and oxygen atoms in total. The highest BCUT2D eigenvalue weighted by molar-refractivity contribution is 5.80. The highest BCUT2D eigenvalue weighted by atomic mass is 16.5. The average molecular weight is 409 g/mol. The van der Waals surface area contributed by atoms with Crippen LogP contribution in [-0.4, -0.2) is 45.9 Å². The molecule has 1 aliphatic heterocycles. The molecule has 2 aromatic carbocycles. The Morgan fingerprint density at radius 1 is 1.07 bits per heavy atom. The van der Waals surface area contributed by atoms with E-state index in [0.717, 1.165) is 60.7 Å². The van der Waals surface area contributed by atoms with E-state index < -0.39 is 0 Å². The van der Waals surface area contributed by atoms with Crippen LogP contribution < -0.4 is 25.0 Å². The van der Waals surface area contributed by atoms with E-state index in [4.69, 9.17) is 9.47 Å². The molecule has 0 bridgehead atoms. The molecule has 160 valence electrons. The highest BCUT2D eigenvalue weighted by Crippen LogP contribution is 2.31. The largest absolute Gasteiger partial charge is 0.495 e. The van der Waals surface area contributed by atoms with Crippen LogP contribution in [-0.2, 0) is 6.54 Å². The van der Waals surface area contributed by atoms with Crippen molar-refractivity contribution in [3.8, 4) is 11.5 Å². The number of para-hydroxylation sites is 3. The van der Waals surface area contributed by atoms with Gasteiger partial charge in [0.2, 0.25) is 0 Å². The molecule has 2 aromatic rings. The third kappa shape index (κ3) is 5.17. The number of benzene rings is 2. The van der Waals surface area contributed by atoms with Gasteiger partial charge in [0.25, 0.3) is 0 Å². The average Bonchev–Trinajstić information content (AvgIpc) is 3.51. The van der Waals surface area contributed by atoms with E-state index in [1.807, 2.05) is 25.2 Å². The van der Waals surface area contributed by atoms with Crippen LogP contribution in [0.4, 0.5) is 5.69 Å². The molecule has 2 aliphatic rings. The molecule has 2 fully saturated rings. The van der Waals surface area contributed by atoms with E-state index in [9.17, 15) is 0 Å². The molecule has 1 heterocycles. The lowest BCUT2D eigenvalue weighted by Crippen LogP contribution is -2.44. The van der Waals surface area contributed by atoms with Crippen LogP contribution in [0.3, 0.4) is 0 Å². The van der Waals surface area contributed by atoms with Gasteiger partial charge in [0.15, 0.2) is 5.96 Å². The minimum Gasteiger partial charge on any atom is -0.495 e. The van der Waals surface area contributed by atoms with Crippen LogP contribution in [0, 0.1) is 5.92 Å². The molecule has 0 aromatic heterocycles. The van der Waals surface area contributed by atoms with Crippen molar-refractivity contribution >= 4 is 11.6 Å². The second-order valence-electron chi connectivity index (χ2n) is 8.04. The Balaban J connectivity index is 1.30. The van der Waals surface area contributed by atoms with Crippen LogP contribution >= 0.6 is 0 Å². The number of hydrogen-bond acceptors (Lipinski definition) is 4. The summed E-state index contributed by atoms with van der Waals surface area (Å²) < 4.78 is 11.5. The summed E-state index contributed by atoms with van der Waals surface area (Å²) in [6, 6.07) is 16.8. The summed E-state index contributed by atoms with van der Waals surface area (Å²) in [5, 5.41) is 7.02. The predicted octanol–water partition coefficient (Wildman–Crippen LogP) is 3.43. The molecule has 1 unspecified atom stereocenters. The number of nitrogens with zero attached hydrogens (tertiary/aromatic N) is 2. The maximum atomic E-state index is 6.03. The third-order valence-corrected chi connectivity index (χ3v) is 5.77. The molecule has 1 saturated carbocycles. The van der Waals surface area contributed by atoms with Crippen molar-refractivity contribution in [1.29, 1.82) is 0 Å². The zero-order chi connectivity index (χ0) is 20.8. The highest BCUT2D eigenvalue weighted by Gasteiger charge is 2.25. The first-order chi connectivity index (χ1) is 14.8. The Labute approximate surface area is 179 Å². The molecule has 1 saturated heterocycles. The molecule has 1 atom stereocenters. The van der Waals surface area contributed by atoms with Crippen molar-refractivity contribution in [1.82, 2.24) is 10.6 Å². The zero-order valence-electron chi connectivity index (χ0n) is 17.9. The lowest BCUT2D eigenvalue weighted by atomic mass is 10.2. The molecule has 1 aliphatic carbocycles. The Kier molecular flexibility index (Phi) is 6.62. The van der Waals surface area contributed by atoms with Gasteiger partial charge < -0.3 is 25.0 Å². The number of ether oxygens (including phenoxy) is 2. The van der Waals surface area contributed by atoms with Crippen LogP contribution in [0.25, 0.3) is 0 Å². The number of methoxy groups -OCH3 is 1. The number of guanidine groups is 1. The van der Waals surface area contributed by atoms with Crippen molar-refractivity contribution in [3.63, 3.8) is 0 Å². The van der Waals surface area contributed by atoms with Gasteiger partial charge in [0.1, 0.15) is 11.5 Å². The first-order valence-electron chi connectivity index (χ1n) is 10.8. The Morgan fingerprint density at radius 2 is 1.83 bits per heavy atom. The monoisotopic (exact) mass is 408 g/mol. The summed E-state index contributed by atoms with van der Waals surface area (Å²) in [4.78, 5) is 6.79. The third-order valence-electron chi connectivity index (χ3n) is 5.77. The van der Waals surface area contributed by atoms with Gasteiger partial charge in [-0.3, -0.25) is 4.99 Å². The van der Waals surface area contributed by atoms with E-state index in [0.29, 0.717) is 12.6 Å². The molecule has 2 N–H and O–H groups in total. The van der Waals surface area contributed by atoms with Gasteiger partial charge in [0, 0.05) is 38.3 Å². The Hall–Kier alpha value is -2.89. The quantitative estimate of drug-likeness (QED) is 0.518. The topological polar surface area (TPSA) is 58.1 Å². The van der Waals surface area contributed by atoms with Gasteiger partial charge in [-0.05, 0) is 43.4 Å². The van der Waals surface area contributed by atoms with Crippen LogP contribution in [0.5, 0.6) is 11.5 Å². The molecule has 0 radical (unpaired) electrons. The van der Waals surface area contributed by atoms with Crippen molar-refractivity contribution in [2.45, 2.75) is 31.8 Å². The number of hydrogen-bond donors (Lipinski definition) is 2. The maximum absolute atomic E-state index is 6.03. The molecular weight excluding hydrogens is 376 g/mol. The molecule has 6 heteroatoms. The molecule has 0 spiro atoms. The van der Waals surface area contributed by atoms with E-state index in [2.05, 4.69) is 50.9 Å². The number of rotatable bonds is 8. The van der Waals surface area contributed by atoms with Crippen molar-refractivity contribution in [2.24, 2.45) is 10.9 Å². The SMILES string of the molecule is CN=C(NCc1ccccc1OCC1CC1)NC1CCN(c2ccccc2OC)C1. The standard InChI is InChI=1S/C24H32N4O2/c1-25-24(26-15-19-7-3-5-9-22(19)30-17-18-11-12-18)27-20-13-14-28(16-20)21-8-4-6-10-23(21)29-2/h3-10,18,20H,11-17H2,1-2H3,(H2,25,26,27). The van der Waals surface area contributed by atoms with E-state index >= 15 is 0 Å². The Bertz CT molecular complexity index is 866. The van der Waals surface area contributed by atoms with Crippen molar-refractivity contribution < 1.29 is 9.47 Å². The zero-order valence-corrected chi connectivity index (χ0v) is 17.9. The fourth-order valence-corrected chi connectivity index (χ4v) is 3.84. The van der Waals surface area contributed by atoms with Gasteiger partial charge in [-0.2, -0.15) is 0 Å². The minimum absolute atomic E-state index is 0.336. The molecule has 30 heavy (non-hydrogen) atoms. The first-order valence-corrected chi connectivity index (χ1v) is 10.8. The van der Waals surface area contributed by atoms with Crippen molar-refractivity contribution in [3.05, 3.63) is 54.1 Å². The normalized spacial score (nSPS) is 18.9. The van der Waals surface area contributed by atoms with Crippen LogP contribution in [0.1, 0.15) is 24.8 Å². The summed E-state index contributed by atoms with van der Waals surface area (Å²) >= 11 is 0.